The SMILES string of the molecule is CC(C)(C(=O)O)C1CCN(C(=O)C2CC2)CC1. The Balaban J connectivity index is 1.89. The first kappa shape index (κ1) is 12.4. The van der Waals surface area contributed by atoms with Crippen LogP contribution >= 0.6 is 0 Å². The summed E-state index contributed by atoms with van der Waals surface area (Å²) in [6, 6.07) is 0. The first-order valence-electron chi connectivity index (χ1n) is 6.45. The summed E-state index contributed by atoms with van der Waals surface area (Å²) in [6.45, 7) is 5.05. The average molecular weight is 239 g/mol. The minimum absolute atomic E-state index is 0.184. The van der Waals surface area contributed by atoms with Gasteiger partial charge in [-0.25, -0.2) is 0 Å². The van der Waals surface area contributed by atoms with Gasteiger partial charge in [0.15, 0.2) is 0 Å². The summed E-state index contributed by atoms with van der Waals surface area (Å²) in [5.41, 5.74) is -0.672. The maximum Gasteiger partial charge on any atom is 0.309 e. The van der Waals surface area contributed by atoms with Crippen LogP contribution in [-0.2, 0) is 9.59 Å². The molecule has 2 aliphatic rings. The van der Waals surface area contributed by atoms with Crippen LogP contribution in [-0.4, -0.2) is 35.0 Å². The Morgan fingerprint density at radius 1 is 1.12 bits per heavy atom. The van der Waals surface area contributed by atoms with E-state index in [9.17, 15) is 14.7 Å². The molecule has 1 saturated heterocycles. The molecule has 0 aromatic rings. The van der Waals surface area contributed by atoms with Gasteiger partial charge in [-0.15, -0.1) is 0 Å². The van der Waals surface area contributed by atoms with E-state index in [-0.39, 0.29) is 17.7 Å². The van der Waals surface area contributed by atoms with E-state index in [1.165, 1.54) is 0 Å². The van der Waals surface area contributed by atoms with E-state index < -0.39 is 11.4 Å². The van der Waals surface area contributed by atoms with Gasteiger partial charge in [0.2, 0.25) is 5.91 Å². The highest BCUT2D eigenvalue weighted by Gasteiger charge is 2.41. The van der Waals surface area contributed by atoms with Crippen molar-refractivity contribution in [1.29, 1.82) is 0 Å². The minimum Gasteiger partial charge on any atom is -0.481 e. The molecular formula is C13H21NO3. The second-order valence-corrected chi connectivity index (χ2v) is 5.90. The molecule has 0 radical (unpaired) electrons. The molecule has 4 heteroatoms. The van der Waals surface area contributed by atoms with Gasteiger partial charge in [-0.2, -0.15) is 0 Å². The van der Waals surface area contributed by atoms with Crippen molar-refractivity contribution in [2.45, 2.75) is 39.5 Å². The van der Waals surface area contributed by atoms with Crippen molar-refractivity contribution in [2.75, 3.05) is 13.1 Å². The van der Waals surface area contributed by atoms with Crippen LogP contribution in [0.4, 0.5) is 0 Å². The van der Waals surface area contributed by atoms with Gasteiger partial charge in [-0.1, -0.05) is 0 Å². The normalized spacial score (nSPS) is 22.6. The van der Waals surface area contributed by atoms with E-state index in [1.807, 2.05) is 4.90 Å². The van der Waals surface area contributed by atoms with E-state index in [4.69, 9.17) is 0 Å². The van der Waals surface area contributed by atoms with Crippen molar-refractivity contribution in [3.63, 3.8) is 0 Å². The zero-order chi connectivity index (χ0) is 12.6. The van der Waals surface area contributed by atoms with Crippen molar-refractivity contribution in [2.24, 2.45) is 17.3 Å². The molecule has 2 rings (SSSR count). The maximum atomic E-state index is 11.9. The van der Waals surface area contributed by atoms with Crippen LogP contribution in [0.25, 0.3) is 0 Å². The van der Waals surface area contributed by atoms with Gasteiger partial charge in [0.05, 0.1) is 5.41 Å². The molecule has 1 amide bonds. The number of piperidine rings is 1. The molecule has 0 aromatic carbocycles. The summed E-state index contributed by atoms with van der Waals surface area (Å²) in [5, 5.41) is 9.19. The van der Waals surface area contributed by atoms with E-state index >= 15 is 0 Å². The molecule has 1 saturated carbocycles. The predicted octanol–water partition coefficient (Wildman–Crippen LogP) is 1.75. The summed E-state index contributed by atoms with van der Waals surface area (Å²) in [5.74, 6) is 0.0170. The summed E-state index contributed by atoms with van der Waals surface area (Å²) >= 11 is 0. The lowest BCUT2D eigenvalue weighted by molar-refractivity contribution is -0.151. The molecule has 1 aliphatic heterocycles. The fourth-order valence-corrected chi connectivity index (χ4v) is 2.58. The smallest absolute Gasteiger partial charge is 0.309 e. The van der Waals surface area contributed by atoms with Crippen LogP contribution in [0.1, 0.15) is 39.5 Å². The zero-order valence-electron chi connectivity index (χ0n) is 10.6. The number of hydrogen-bond donors (Lipinski definition) is 1. The third kappa shape index (κ3) is 2.45. The van der Waals surface area contributed by atoms with Crippen LogP contribution < -0.4 is 0 Å². The maximum absolute atomic E-state index is 11.9. The van der Waals surface area contributed by atoms with Crippen molar-refractivity contribution in [3.05, 3.63) is 0 Å². The summed E-state index contributed by atoms with van der Waals surface area (Å²) in [6.07, 6.45) is 3.72. The molecule has 4 nitrogen and oxygen atoms in total. The van der Waals surface area contributed by atoms with Crippen LogP contribution in [0, 0.1) is 17.3 Å². The Labute approximate surface area is 102 Å². The molecule has 1 N–H and O–H groups in total. The number of carbonyl (C=O) groups is 2. The quantitative estimate of drug-likeness (QED) is 0.816. The van der Waals surface area contributed by atoms with Crippen LogP contribution in [0.3, 0.4) is 0 Å². The average Bonchev–Trinajstić information content (AvgIpc) is 3.12. The summed E-state index contributed by atoms with van der Waals surface area (Å²) in [4.78, 5) is 25.0. The molecule has 2 fully saturated rings. The molecule has 0 unspecified atom stereocenters. The van der Waals surface area contributed by atoms with Gasteiger partial charge in [-0.05, 0) is 45.4 Å². The van der Waals surface area contributed by atoms with Crippen LogP contribution in [0.2, 0.25) is 0 Å². The highest BCUT2D eigenvalue weighted by atomic mass is 16.4. The largest absolute Gasteiger partial charge is 0.481 e. The van der Waals surface area contributed by atoms with E-state index in [0.29, 0.717) is 0 Å². The molecule has 0 bridgehead atoms. The number of rotatable bonds is 3. The van der Waals surface area contributed by atoms with Crippen molar-refractivity contribution < 1.29 is 14.7 Å². The molecule has 17 heavy (non-hydrogen) atoms. The van der Waals surface area contributed by atoms with Gasteiger partial charge in [0, 0.05) is 19.0 Å². The topological polar surface area (TPSA) is 57.6 Å². The number of aliphatic carboxylic acids is 1. The molecular weight excluding hydrogens is 218 g/mol. The van der Waals surface area contributed by atoms with Crippen molar-refractivity contribution in [3.8, 4) is 0 Å². The molecule has 0 spiro atoms. The lowest BCUT2D eigenvalue weighted by Crippen LogP contribution is -2.44. The van der Waals surface area contributed by atoms with E-state index in [2.05, 4.69) is 0 Å². The Bertz CT molecular complexity index is 326. The van der Waals surface area contributed by atoms with Gasteiger partial charge in [0.1, 0.15) is 0 Å². The summed E-state index contributed by atoms with van der Waals surface area (Å²) in [7, 11) is 0. The van der Waals surface area contributed by atoms with E-state index in [0.717, 1.165) is 38.8 Å². The first-order valence-corrected chi connectivity index (χ1v) is 6.45. The predicted molar refractivity (Wildman–Crippen MR) is 63.4 cm³/mol. The number of likely N-dealkylation sites (tertiary alicyclic amines) is 1. The standard InChI is InChI=1S/C13H21NO3/c1-13(2,12(16)17)10-5-7-14(8-6-10)11(15)9-3-4-9/h9-10H,3-8H2,1-2H3,(H,16,17). The second-order valence-electron chi connectivity index (χ2n) is 5.90. The molecule has 0 atom stereocenters. The highest BCUT2D eigenvalue weighted by Crippen LogP contribution is 2.37. The van der Waals surface area contributed by atoms with Crippen LogP contribution in [0.5, 0.6) is 0 Å². The van der Waals surface area contributed by atoms with Gasteiger partial charge in [0.25, 0.3) is 0 Å². The highest BCUT2D eigenvalue weighted by molar-refractivity contribution is 5.81. The van der Waals surface area contributed by atoms with Gasteiger partial charge < -0.3 is 10.0 Å². The Morgan fingerprint density at radius 3 is 2.06 bits per heavy atom. The molecule has 1 aliphatic carbocycles. The number of amides is 1. The van der Waals surface area contributed by atoms with E-state index in [1.54, 1.807) is 13.8 Å². The number of carbonyl (C=O) groups excluding carboxylic acids is 1. The minimum atomic E-state index is -0.732. The second kappa shape index (κ2) is 4.31. The lowest BCUT2D eigenvalue weighted by Gasteiger charge is -2.38. The van der Waals surface area contributed by atoms with Crippen molar-refractivity contribution in [1.82, 2.24) is 4.90 Å². The molecule has 96 valence electrons. The lowest BCUT2D eigenvalue weighted by atomic mass is 9.73. The van der Waals surface area contributed by atoms with Gasteiger partial charge >= 0.3 is 5.97 Å². The first-order chi connectivity index (χ1) is 7.93. The monoisotopic (exact) mass is 239 g/mol. The third-order valence-corrected chi connectivity index (χ3v) is 4.31. The fourth-order valence-electron chi connectivity index (χ4n) is 2.58. The van der Waals surface area contributed by atoms with Gasteiger partial charge in [-0.3, -0.25) is 9.59 Å². The fraction of sp³-hybridized carbons (Fsp3) is 0.846. The Kier molecular flexibility index (Phi) is 3.15. The van der Waals surface area contributed by atoms with Crippen molar-refractivity contribution >= 4 is 11.9 Å². The Hall–Kier alpha value is -1.06. The number of carboxylic acids is 1. The molecule has 0 aromatic heterocycles. The Morgan fingerprint density at radius 2 is 1.65 bits per heavy atom. The zero-order valence-corrected chi connectivity index (χ0v) is 10.6. The number of nitrogens with zero attached hydrogens (tertiary/aromatic N) is 1. The third-order valence-electron chi connectivity index (χ3n) is 4.31. The number of hydrogen-bond acceptors (Lipinski definition) is 2. The summed E-state index contributed by atoms with van der Waals surface area (Å²) < 4.78 is 0. The van der Waals surface area contributed by atoms with Crippen LogP contribution in [0.15, 0.2) is 0 Å². The number of carboxylic acid groups (broad SMARTS) is 1. The molecule has 1 heterocycles.